The molecule has 1 aromatic heterocycles. The van der Waals surface area contributed by atoms with Crippen molar-refractivity contribution >= 4 is 5.69 Å². The first-order valence-electron chi connectivity index (χ1n) is 8.17. The number of rotatable bonds is 3. The van der Waals surface area contributed by atoms with Crippen LogP contribution in [0.15, 0.2) is 91.0 Å². The van der Waals surface area contributed by atoms with E-state index in [-0.39, 0.29) is 0 Å². The van der Waals surface area contributed by atoms with Gasteiger partial charge in [-0.15, -0.1) is 0 Å². The van der Waals surface area contributed by atoms with Crippen LogP contribution < -0.4 is 5.73 Å². The summed E-state index contributed by atoms with van der Waals surface area (Å²) in [7, 11) is 0. The van der Waals surface area contributed by atoms with Crippen LogP contribution in [0.1, 0.15) is 0 Å². The van der Waals surface area contributed by atoms with Crippen molar-refractivity contribution in [2.24, 2.45) is 0 Å². The van der Waals surface area contributed by atoms with E-state index in [1.807, 2.05) is 91.0 Å². The van der Waals surface area contributed by atoms with E-state index in [9.17, 15) is 0 Å². The van der Waals surface area contributed by atoms with Gasteiger partial charge in [-0.2, -0.15) is 0 Å². The average molecular weight is 323 g/mol. The predicted molar refractivity (Wildman–Crippen MR) is 103 cm³/mol. The van der Waals surface area contributed by atoms with Gasteiger partial charge in [0.05, 0.1) is 17.1 Å². The minimum atomic E-state index is 0.595. The Labute approximate surface area is 146 Å². The molecule has 0 radical (unpaired) electrons. The third kappa shape index (κ3) is 3.00. The number of hydrogen-bond donors (Lipinski definition) is 1. The van der Waals surface area contributed by atoms with Gasteiger partial charge in [-0.1, -0.05) is 91.0 Å². The summed E-state index contributed by atoms with van der Waals surface area (Å²) in [5.41, 5.74) is 11.5. The molecular formula is C22H17N3. The van der Waals surface area contributed by atoms with Gasteiger partial charge in [-0.05, 0) is 0 Å². The van der Waals surface area contributed by atoms with Crippen molar-refractivity contribution < 1.29 is 0 Å². The monoisotopic (exact) mass is 323 g/mol. The molecule has 25 heavy (non-hydrogen) atoms. The molecule has 0 bridgehead atoms. The fourth-order valence-electron chi connectivity index (χ4n) is 2.82. The smallest absolute Gasteiger partial charge is 0.160 e. The Morgan fingerprint density at radius 1 is 0.480 bits per heavy atom. The van der Waals surface area contributed by atoms with E-state index in [4.69, 9.17) is 15.7 Å². The van der Waals surface area contributed by atoms with Crippen molar-refractivity contribution in [1.29, 1.82) is 0 Å². The van der Waals surface area contributed by atoms with Gasteiger partial charge < -0.3 is 5.73 Å². The molecule has 0 spiro atoms. The summed E-state index contributed by atoms with van der Waals surface area (Å²) >= 11 is 0. The largest absolute Gasteiger partial charge is 0.395 e. The first-order chi connectivity index (χ1) is 12.3. The number of nitrogens with zero attached hydrogens (tertiary/aromatic N) is 2. The highest BCUT2D eigenvalue weighted by Crippen LogP contribution is 2.34. The first kappa shape index (κ1) is 15.1. The highest BCUT2D eigenvalue weighted by molar-refractivity contribution is 5.86. The van der Waals surface area contributed by atoms with E-state index in [1.54, 1.807) is 0 Å². The molecule has 0 saturated heterocycles. The van der Waals surface area contributed by atoms with E-state index >= 15 is 0 Å². The Kier molecular flexibility index (Phi) is 3.97. The van der Waals surface area contributed by atoms with Crippen molar-refractivity contribution in [2.45, 2.75) is 0 Å². The molecule has 4 aromatic rings. The number of anilines is 1. The number of aromatic nitrogens is 2. The summed E-state index contributed by atoms with van der Waals surface area (Å²) in [6.07, 6.45) is 0. The van der Waals surface area contributed by atoms with Crippen LogP contribution in [0.5, 0.6) is 0 Å². The standard InChI is InChI=1S/C22H17N3/c23-19-20(16-10-4-1-5-11-16)24-22(18-14-8-3-9-15-18)25-21(19)17-12-6-2-7-13-17/h1-15H,23H2. The minimum Gasteiger partial charge on any atom is -0.395 e. The lowest BCUT2D eigenvalue weighted by Gasteiger charge is -2.13. The highest BCUT2D eigenvalue weighted by Gasteiger charge is 2.15. The molecule has 0 aliphatic heterocycles. The lowest BCUT2D eigenvalue weighted by molar-refractivity contribution is 1.19. The van der Waals surface area contributed by atoms with Crippen molar-refractivity contribution in [2.75, 3.05) is 5.73 Å². The lowest BCUT2D eigenvalue weighted by atomic mass is 10.0. The molecule has 3 aromatic carbocycles. The Hall–Kier alpha value is -3.46. The Bertz CT molecular complexity index is 921. The van der Waals surface area contributed by atoms with Crippen molar-refractivity contribution in [1.82, 2.24) is 9.97 Å². The fraction of sp³-hybridized carbons (Fsp3) is 0. The molecule has 4 rings (SSSR count). The zero-order valence-corrected chi connectivity index (χ0v) is 13.6. The zero-order chi connectivity index (χ0) is 17.1. The molecule has 0 atom stereocenters. The van der Waals surface area contributed by atoms with Crippen LogP contribution in [0.2, 0.25) is 0 Å². The molecule has 0 aliphatic carbocycles. The summed E-state index contributed by atoms with van der Waals surface area (Å²) in [5, 5.41) is 0. The Morgan fingerprint density at radius 2 is 0.840 bits per heavy atom. The second kappa shape index (κ2) is 6.57. The van der Waals surface area contributed by atoms with Crippen LogP contribution in [0.3, 0.4) is 0 Å². The molecule has 0 aliphatic rings. The Morgan fingerprint density at radius 3 is 1.24 bits per heavy atom. The quantitative estimate of drug-likeness (QED) is 0.573. The van der Waals surface area contributed by atoms with Crippen LogP contribution in [0.25, 0.3) is 33.9 Å². The second-order valence-electron chi connectivity index (χ2n) is 5.76. The molecule has 2 N–H and O–H groups in total. The normalized spacial score (nSPS) is 10.6. The van der Waals surface area contributed by atoms with Gasteiger partial charge in [0.2, 0.25) is 0 Å². The van der Waals surface area contributed by atoms with E-state index in [0.717, 1.165) is 28.1 Å². The summed E-state index contributed by atoms with van der Waals surface area (Å²) < 4.78 is 0. The summed E-state index contributed by atoms with van der Waals surface area (Å²) in [6, 6.07) is 30.0. The maximum Gasteiger partial charge on any atom is 0.160 e. The van der Waals surface area contributed by atoms with Crippen LogP contribution >= 0.6 is 0 Å². The summed E-state index contributed by atoms with van der Waals surface area (Å²) in [4.78, 5) is 9.53. The summed E-state index contributed by atoms with van der Waals surface area (Å²) in [6.45, 7) is 0. The molecule has 0 unspecified atom stereocenters. The molecule has 0 amide bonds. The molecule has 1 heterocycles. The van der Waals surface area contributed by atoms with Crippen molar-refractivity contribution in [3.05, 3.63) is 91.0 Å². The first-order valence-corrected chi connectivity index (χ1v) is 8.17. The number of nitrogen functional groups attached to an aromatic ring is 1. The van der Waals surface area contributed by atoms with Crippen LogP contribution in [-0.4, -0.2) is 9.97 Å². The zero-order valence-electron chi connectivity index (χ0n) is 13.6. The van der Waals surface area contributed by atoms with Gasteiger partial charge in [0, 0.05) is 16.7 Å². The number of nitrogens with two attached hydrogens (primary N) is 1. The number of benzene rings is 3. The van der Waals surface area contributed by atoms with E-state index in [1.165, 1.54) is 0 Å². The maximum absolute atomic E-state index is 6.47. The summed E-state index contributed by atoms with van der Waals surface area (Å²) in [5.74, 6) is 0.674. The Balaban J connectivity index is 1.98. The second-order valence-corrected chi connectivity index (χ2v) is 5.76. The minimum absolute atomic E-state index is 0.595. The topological polar surface area (TPSA) is 51.8 Å². The fourth-order valence-corrected chi connectivity index (χ4v) is 2.82. The number of hydrogen-bond acceptors (Lipinski definition) is 3. The molecular weight excluding hydrogens is 306 g/mol. The van der Waals surface area contributed by atoms with Crippen molar-refractivity contribution in [3.8, 4) is 33.9 Å². The average Bonchev–Trinajstić information content (AvgIpc) is 2.70. The highest BCUT2D eigenvalue weighted by atomic mass is 14.9. The SMILES string of the molecule is Nc1c(-c2ccccc2)nc(-c2ccccc2)nc1-c1ccccc1. The van der Waals surface area contributed by atoms with Crippen LogP contribution in [0, 0.1) is 0 Å². The molecule has 0 saturated carbocycles. The van der Waals surface area contributed by atoms with Gasteiger partial charge in [-0.25, -0.2) is 9.97 Å². The van der Waals surface area contributed by atoms with Crippen LogP contribution in [0.4, 0.5) is 5.69 Å². The molecule has 120 valence electrons. The van der Waals surface area contributed by atoms with Gasteiger partial charge in [0.15, 0.2) is 5.82 Å². The van der Waals surface area contributed by atoms with Crippen molar-refractivity contribution in [3.63, 3.8) is 0 Å². The van der Waals surface area contributed by atoms with Gasteiger partial charge in [0.25, 0.3) is 0 Å². The molecule has 3 nitrogen and oxygen atoms in total. The predicted octanol–water partition coefficient (Wildman–Crippen LogP) is 5.06. The molecule has 3 heteroatoms. The molecule has 0 fully saturated rings. The van der Waals surface area contributed by atoms with Gasteiger partial charge in [0.1, 0.15) is 0 Å². The maximum atomic E-state index is 6.47. The van der Waals surface area contributed by atoms with Crippen LogP contribution in [-0.2, 0) is 0 Å². The van der Waals surface area contributed by atoms with E-state index in [2.05, 4.69) is 0 Å². The lowest BCUT2D eigenvalue weighted by Crippen LogP contribution is -2.02. The van der Waals surface area contributed by atoms with Gasteiger partial charge in [-0.3, -0.25) is 0 Å². The van der Waals surface area contributed by atoms with E-state index < -0.39 is 0 Å². The van der Waals surface area contributed by atoms with E-state index in [0.29, 0.717) is 11.5 Å². The third-order valence-electron chi connectivity index (χ3n) is 4.07. The third-order valence-corrected chi connectivity index (χ3v) is 4.07. The van der Waals surface area contributed by atoms with Gasteiger partial charge >= 0.3 is 0 Å².